The van der Waals surface area contributed by atoms with Crippen LogP contribution in [-0.2, 0) is 0 Å². The fraction of sp³-hybridized carbons (Fsp3) is 0.147. The molecule has 196 valence electrons. The number of anilines is 1. The molecule has 2 heterocycles. The lowest BCUT2D eigenvalue weighted by atomic mass is 9.64. The van der Waals surface area contributed by atoms with Crippen molar-refractivity contribution in [3.63, 3.8) is 0 Å². The van der Waals surface area contributed by atoms with Gasteiger partial charge in [-0.2, -0.15) is 0 Å². The van der Waals surface area contributed by atoms with E-state index >= 15 is 0 Å². The Balaban J connectivity index is 1.53. The molecule has 1 spiro atoms. The van der Waals surface area contributed by atoms with Crippen LogP contribution in [0.1, 0.15) is 48.1 Å². The largest absolute Gasteiger partial charge is 0.497 e. The Bertz CT molecular complexity index is 1710. The number of ether oxygens (including phenoxy) is 1. The molecule has 0 N–H and O–H groups in total. The molecule has 3 aliphatic rings. The highest BCUT2D eigenvalue weighted by atomic mass is 35.5. The molecule has 3 atom stereocenters. The first-order valence-corrected chi connectivity index (χ1v) is 13.5. The lowest BCUT2D eigenvalue weighted by molar-refractivity contribution is 0.0666. The number of benzene rings is 4. The third-order valence-electron chi connectivity index (χ3n) is 8.56. The average Bonchev–Trinajstić information content (AvgIpc) is 3.43. The highest BCUT2D eigenvalue weighted by Gasteiger charge is 2.71. The molecule has 1 saturated heterocycles. The minimum atomic E-state index is -1.55. The van der Waals surface area contributed by atoms with E-state index in [0.29, 0.717) is 33.0 Å². The Kier molecular flexibility index (Phi) is 5.55. The van der Waals surface area contributed by atoms with Gasteiger partial charge >= 0.3 is 0 Å². The molecule has 40 heavy (non-hydrogen) atoms. The minimum absolute atomic E-state index is 0.184. The zero-order valence-corrected chi connectivity index (χ0v) is 22.3. The second-order valence-electron chi connectivity index (χ2n) is 10.4. The number of Topliss-reactive ketones (excluding diaryl/α,β-unsaturated/α-hetero) is 3. The highest BCUT2D eigenvalue weighted by molar-refractivity contribution is 6.33. The van der Waals surface area contributed by atoms with Crippen molar-refractivity contribution in [2.45, 2.75) is 18.0 Å². The molecule has 5 nitrogen and oxygen atoms in total. The number of methoxy groups -OCH3 is 1. The summed E-state index contributed by atoms with van der Waals surface area (Å²) >= 11 is 6.50. The van der Waals surface area contributed by atoms with Gasteiger partial charge in [0.2, 0.25) is 0 Å². The van der Waals surface area contributed by atoms with Gasteiger partial charge in [0, 0.05) is 33.3 Å². The molecule has 1 fully saturated rings. The first kappa shape index (κ1) is 24.6. The molecule has 4 aromatic rings. The van der Waals surface area contributed by atoms with Gasteiger partial charge in [0.15, 0.2) is 17.3 Å². The summed E-state index contributed by atoms with van der Waals surface area (Å²) in [6.45, 7) is 0. The van der Waals surface area contributed by atoms with Crippen molar-refractivity contribution in [1.29, 1.82) is 0 Å². The minimum Gasteiger partial charge on any atom is -0.497 e. The van der Waals surface area contributed by atoms with E-state index in [1.165, 1.54) is 0 Å². The lowest BCUT2D eigenvalue weighted by Gasteiger charge is -2.37. The number of carbonyl (C=O) groups excluding carboxylic acids is 3. The number of para-hydroxylation sites is 1. The Morgan fingerprint density at radius 3 is 2.20 bits per heavy atom. The zero-order chi connectivity index (χ0) is 27.6. The Morgan fingerprint density at radius 2 is 1.52 bits per heavy atom. The molecular weight excluding hydrogens is 522 g/mol. The Morgan fingerprint density at radius 1 is 0.850 bits per heavy atom. The SMILES string of the molecule is COc1ccc(C(=O)[C@@H]2[C@@H](c3cccc(Cl)c3)C3(C(=O)c4ccccc4C3=O)C3C=Cc4ccccc4N32)cc1. The van der Waals surface area contributed by atoms with Crippen LogP contribution in [0, 0.1) is 5.41 Å². The number of halogens is 1. The van der Waals surface area contributed by atoms with Crippen LogP contribution in [-0.4, -0.2) is 36.5 Å². The summed E-state index contributed by atoms with van der Waals surface area (Å²) in [6, 6.07) is 27.4. The number of hydrogen-bond donors (Lipinski definition) is 0. The molecule has 7 rings (SSSR count). The Hall–Kier alpha value is -4.48. The van der Waals surface area contributed by atoms with E-state index in [2.05, 4.69) is 0 Å². The van der Waals surface area contributed by atoms with Gasteiger partial charge in [0.1, 0.15) is 17.2 Å². The van der Waals surface area contributed by atoms with Gasteiger partial charge in [-0.3, -0.25) is 14.4 Å². The molecule has 0 saturated carbocycles. The van der Waals surface area contributed by atoms with Crippen molar-refractivity contribution < 1.29 is 19.1 Å². The number of ketones is 3. The topological polar surface area (TPSA) is 63.7 Å². The molecule has 0 radical (unpaired) electrons. The molecule has 0 amide bonds. The van der Waals surface area contributed by atoms with Crippen LogP contribution in [0.25, 0.3) is 6.08 Å². The van der Waals surface area contributed by atoms with Gasteiger partial charge in [-0.1, -0.05) is 78.4 Å². The highest BCUT2D eigenvalue weighted by Crippen LogP contribution is 2.61. The summed E-state index contributed by atoms with van der Waals surface area (Å²) in [6.07, 6.45) is 3.87. The van der Waals surface area contributed by atoms with E-state index in [1.54, 1.807) is 73.8 Å². The predicted octanol–water partition coefficient (Wildman–Crippen LogP) is 6.66. The summed E-state index contributed by atoms with van der Waals surface area (Å²) in [4.78, 5) is 45.9. The fourth-order valence-electron chi connectivity index (χ4n) is 6.92. The van der Waals surface area contributed by atoms with E-state index < -0.39 is 23.4 Å². The van der Waals surface area contributed by atoms with E-state index in [4.69, 9.17) is 16.3 Å². The van der Waals surface area contributed by atoms with Crippen LogP contribution in [0.5, 0.6) is 5.75 Å². The van der Waals surface area contributed by atoms with Crippen molar-refractivity contribution in [3.8, 4) is 5.75 Å². The standard InChI is InChI=1S/C34H24ClNO4/c1-40-24-16-13-21(14-17-24)31(37)30-29(22-8-6-9-23(35)19-22)34(32(38)25-10-3-4-11-26(25)33(34)39)28-18-15-20-7-2-5-12-27(20)36(28)30/h2-19,28-30H,1H3/t28?,29-,30+/m1/s1. The smallest absolute Gasteiger partial charge is 0.185 e. The van der Waals surface area contributed by atoms with Gasteiger partial charge in [0.25, 0.3) is 0 Å². The summed E-state index contributed by atoms with van der Waals surface area (Å²) in [5.41, 5.74) is 2.11. The zero-order valence-electron chi connectivity index (χ0n) is 21.6. The van der Waals surface area contributed by atoms with Gasteiger partial charge < -0.3 is 9.64 Å². The number of carbonyl (C=O) groups is 3. The van der Waals surface area contributed by atoms with Crippen LogP contribution in [0.4, 0.5) is 5.69 Å². The molecule has 0 bridgehead atoms. The van der Waals surface area contributed by atoms with E-state index in [1.807, 2.05) is 47.4 Å². The molecular formula is C34H24ClNO4. The van der Waals surface area contributed by atoms with Crippen LogP contribution in [0.3, 0.4) is 0 Å². The van der Waals surface area contributed by atoms with Gasteiger partial charge in [-0.15, -0.1) is 0 Å². The van der Waals surface area contributed by atoms with Crippen molar-refractivity contribution >= 4 is 40.7 Å². The maximum absolute atomic E-state index is 14.6. The van der Waals surface area contributed by atoms with Crippen molar-refractivity contribution in [2.75, 3.05) is 12.0 Å². The molecule has 1 aliphatic carbocycles. The Labute approximate surface area is 236 Å². The van der Waals surface area contributed by atoms with Gasteiger partial charge in [0.05, 0.1) is 13.2 Å². The summed E-state index contributed by atoms with van der Waals surface area (Å²) in [5.74, 6) is -0.874. The van der Waals surface area contributed by atoms with Crippen molar-refractivity contribution in [2.24, 2.45) is 5.41 Å². The van der Waals surface area contributed by atoms with E-state index in [9.17, 15) is 14.4 Å². The third kappa shape index (κ3) is 3.24. The van der Waals surface area contributed by atoms with Crippen LogP contribution < -0.4 is 9.64 Å². The first-order chi connectivity index (χ1) is 19.5. The monoisotopic (exact) mass is 545 g/mol. The number of nitrogens with zero attached hydrogens (tertiary/aromatic N) is 1. The summed E-state index contributed by atoms with van der Waals surface area (Å²) in [5, 5.41) is 0.472. The number of fused-ring (bicyclic) bond motifs is 5. The quantitative estimate of drug-likeness (QED) is 0.212. The van der Waals surface area contributed by atoms with E-state index in [0.717, 1.165) is 11.3 Å². The molecule has 4 aromatic carbocycles. The van der Waals surface area contributed by atoms with Crippen LogP contribution in [0.2, 0.25) is 5.02 Å². The molecule has 2 aliphatic heterocycles. The summed E-state index contributed by atoms with van der Waals surface area (Å²) in [7, 11) is 1.57. The molecule has 6 heteroatoms. The maximum atomic E-state index is 14.6. The van der Waals surface area contributed by atoms with E-state index in [-0.39, 0.29) is 17.3 Å². The average molecular weight is 546 g/mol. The lowest BCUT2D eigenvalue weighted by Crippen LogP contribution is -2.48. The second-order valence-corrected chi connectivity index (χ2v) is 10.8. The first-order valence-electron chi connectivity index (χ1n) is 13.1. The van der Waals surface area contributed by atoms with Gasteiger partial charge in [-0.25, -0.2) is 0 Å². The molecule has 1 unspecified atom stereocenters. The van der Waals surface area contributed by atoms with Crippen molar-refractivity contribution in [3.05, 3.63) is 136 Å². The predicted molar refractivity (Wildman–Crippen MR) is 155 cm³/mol. The number of hydrogen-bond acceptors (Lipinski definition) is 5. The fourth-order valence-corrected chi connectivity index (χ4v) is 7.12. The normalized spacial score (nSPS) is 21.8. The van der Waals surface area contributed by atoms with Crippen LogP contribution in [0.15, 0.2) is 103 Å². The molecule has 0 aromatic heterocycles. The van der Waals surface area contributed by atoms with Gasteiger partial charge in [-0.05, 0) is 53.6 Å². The van der Waals surface area contributed by atoms with Crippen molar-refractivity contribution in [1.82, 2.24) is 0 Å². The summed E-state index contributed by atoms with van der Waals surface area (Å²) < 4.78 is 5.32. The van der Waals surface area contributed by atoms with Crippen LogP contribution >= 0.6 is 11.6 Å². The number of rotatable bonds is 4. The maximum Gasteiger partial charge on any atom is 0.185 e. The third-order valence-corrected chi connectivity index (χ3v) is 8.80. The second kappa shape index (κ2) is 9.04.